The number of carbonyl (C=O) groups is 1. The van der Waals surface area contributed by atoms with Gasteiger partial charge < -0.3 is 9.84 Å². The van der Waals surface area contributed by atoms with Crippen LogP contribution in [0.5, 0.6) is 0 Å². The van der Waals surface area contributed by atoms with E-state index in [1.807, 2.05) is 13.8 Å². The molecule has 0 atom stereocenters. The second-order valence-electron chi connectivity index (χ2n) is 3.79. The molecule has 7 heteroatoms. The lowest BCUT2D eigenvalue weighted by atomic mass is 10.3. The molecule has 96 valence electrons. The Bertz CT molecular complexity index is 561. The first-order valence-electron chi connectivity index (χ1n) is 5.63. The van der Waals surface area contributed by atoms with Gasteiger partial charge in [0.25, 0.3) is 5.91 Å². The first-order chi connectivity index (χ1) is 8.60. The molecule has 1 amide bonds. The number of hydrogen-bond donors (Lipinski definition) is 1. The SMILES string of the molecule is CCc1nc(C)c(C(=O)NCc2nc(C)no2)s1. The lowest BCUT2D eigenvalue weighted by Crippen LogP contribution is -2.22. The maximum atomic E-state index is 11.9. The fourth-order valence-electron chi connectivity index (χ4n) is 1.46. The Hall–Kier alpha value is -1.76. The standard InChI is InChI=1S/C11H14N4O2S/c1-4-9-13-6(2)10(18-9)11(16)12-5-8-14-7(3)15-17-8/h4-5H2,1-3H3,(H,12,16). The molecule has 0 aliphatic carbocycles. The van der Waals surface area contributed by atoms with Crippen molar-refractivity contribution in [3.8, 4) is 0 Å². The quantitative estimate of drug-likeness (QED) is 0.909. The Morgan fingerprint density at radius 1 is 1.39 bits per heavy atom. The van der Waals surface area contributed by atoms with E-state index < -0.39 is 0 Å². The normalized spacial score (nSPS) is 10.6. The predicted octanol–water partition coefficient (Wildman–Crippen LogP) is 1.64. The number of hydrogen-bond acceptors (Lipinski definition) is 6. The molecule has 0 fully saturated rings. The van der Waals surface area contributed by atoms with Gasteiger partial charge in [-0.2, -0.15) is 4.98 Å². The summed E-state index contributed by atoms with van der Waals surface area (Å²) in [6.45, 7) is 5.82. The number of amides is 1. The minimum Gasteiger partial charge on any atom is -0.342 e. The van der Waals surface area contributed by atoms with Gasteiger partial charge in [-0.15, -0.1) is 11.3 Å². The van der Waals surface area contributed by atoms with Crippen molar-refractivity contribution in [1.82, 2.24) is 20.4 Å². The van der Waals surface area contributed by atoms with Gasteiger partial charge in [-0.05, 0) is 20.3 Å². The van der Waals surface area contributed by atoms with Crippen LogP contribution in [0, 0.1) is 13.8 Å². The Kier molecular flexibility index (Phi) is 3.71. The molecular formula is C11H14N4O2S. The molecule has 18 heavy (non-hydrogen) atoms. The molecule has 0 unspecified atom stereocenters. The Morgan fingerprint density at radius 2 is 2.17 bits per heavy atom. The topological polar surface area (TPSA) is 80.9 Å². The monoisotopic (exact) mass is 266 g/mol. The average Bonchev–Trinajstić information content (AvgIpc) is 2.92. The molecule has 0 aromatic carbocycles. The van der Waals surface area contributed by atoms with Crippen molar-refractivity contribution < 1.29 is 9.32 Å². The number of rotatable bonds is 4. The fourth-order valence-corrected chi connectivity index (χ4v) is 2.38. The van der Waals surface area contributed by atoms with Crippen LogP contribution in [0.4, 0.5) is 0 Å². The molecule has 0 bridgehead atoms. The molecular weight excluding hydrogens is 252 g/mol. The first kappa shape index (κ1) is 12.7. The number of aromatic nitrogens is 3. The maximum Gasteiger partial charge on any atom is 0.263 e. The molecule has 1 N–H and O–H groups in total. The van der Waals surface area contributed by atoms with Gasteiger partial charge >= 0.3 is 0 Å². The molecule has 0 aliphatic rings. The zero-order valence-electron chi connectivity index (χ0n) is 10.5. The van der Waals surface area contributed by atoms with Gasteiger partial charge in [0, 0.05) is 0 Å². The lowest BCUT2D eigenvalue weighted by molar-refractivity contribution is 0.0949. The highest BCUT2D eigenvalue weighted by Gasteiger charge is 2.15. The van der Waals surface area contributed by atoms with E-state index in [4.69, 9.17) is 4.52 Å². The summed E-state index contributed by atoms with van der Waals surface area (Å²) >= 11 is 1.42. The second-order valence-corrected chi connectivity index (χ2v) is 4.88. The number of thiazole rings is 1. The van der Waals surface area contributed by atoms with E-state index in [0.29, 0.717) is 16.6 Å². The average molecular weight is 266 g/mol. The van der Waals surface area contributed by atoms with Crippen molar-refractivity contribution >= 4 is 17.2 Å². The Balaban J connectivity index is 2.01. The number of aryl methyl sites for hydroxylation is 3. The second kappa shape index (κ2) is 5.26. The minimum atomic E-state index is -0.152. The van der Waals surface area contributed by atoms with Crippen molar-refractivity contribution in [2.45, 2.75) is 33.7 Å². The van der Waals surface area contributed by atoms with E-state index >= 15 is 0 Å². The van der Waals surface area contributed by atoms with Crippen LogP contribution in [-0.4, -0.2) is 21.0 Å². The van der Waals surface area contributed by atoms with Crippen molar-refractivity contribution in [2.24, 2.45) is 0 Å². The summed E-state index contributed by atoms with van der Waals surface area (Å²) in [5.41, 5.74) is 0.760. The van der Waals surface area contributed by atoms with Crippen LogP contribution in [-0.2, 0) is 13.0 Å². The Morgan fingerprint density at radius 3 is 2.72 bits per heavy atom. The first-order valence-corrected chi connectivity index (χ1v) is 6.45. The van der Waals surface area contributed by atoms with Gasteiger partial charge in [-0.3, -0.25) is 4.79 Å². The van der Waals surface area contributed by atoms with Crippen molar-refractivity contribution in [3.05, 3.63) is 27.3 Å². The van der Waals surface area contributed by atoms with Crippen LogP contribution in [0.3, 0.4) is 0 Å². The number of nitrogens with zero attached hydrogens (tertiary/aromatic N) is 3. The third-order valence-corrected chi connectivity index (χ3v) is 3.62. The molecule has 2 rings (SSSR count). The molecule has 2 heterocycles. The molecule has 2 aromatic heterocycles. The fraction of sp³-hybridized carbons (Fsp3) is 0.455. The summed E-state index contributed by atoms with van der Waals surface area (Å²) in [6, 6.07) is 0. The summed E-state index contributed by atoms with van der Waals surface area (Å²) in [5.74, 6) is 0.806. The van der Waals surface area contributed by atoms with Crippen molar-refractivity contribution in [3.63, 3.8) is 0 Å². The van der Waals surface area contributed by atoms with Gasteiger partial charge in [0.1, 0.15) is 4.88 Å². The van der Waals surface area contributed by atoms with E-state index in [-0.39, 0.29) is 12.5 Å². The van der Waals surface area contributed by atoms with Crippen molar-refractivity contribution in [1.29, 1.82) is 0 Å². The minimum absolute atomic E-state index is 0.152. The summed E-state index contributed by atoms with van der Waals surface area (Å²) < 4.78 is 4.92. The lowest BCUT2D eigenvalue weighted by Gasteiger charge is -1.99. The zero-order valence-corrected chi connectivity index (χ0v) is 11.3. The predicted molar refractivity (Wildman–Crippen MR) is 66.4 cm³/mol. The van der Waals surface area contributed by atoms with Gasteiger partial charge in [0.05, 0.1) is 17.2 Å². The molecule has 6 nitrogen and oxygen atoms in total. The van der Waals surface area contributed by atoms with E-state index in [1.165, 1.54) is 11.3 Å². The van der Waals surface area contributed by atoms with E-state index in [9.17, 15) is 4.79 Å². The third kappa shape index (κ3) is 2.73. The summed E-state index contributed by atoms with van der Waals surface area (Å²) in [6.07, 6.45) is 0.835. The Labute approximate surface area is 108 Å². The highest BCUT2D eigenvalue weighted by molar-refractivity contribution is 7.13. The van der Waals surface area contributed by atoms with Crippen LogP contribution >= 0.6 is 11.3 Å². The summed E-state index contributed by atoms with van der Waals surface area (Å²) in [7, 11) is 0. The molecule has 0 aliphatic heterocycles. The van der Waals surface area contributed by atoms with Gasteiger partial charge in [-0.1, -0.05) is 12.1 Å². The van der Waals surface area contributed by atoms with Crippen LogP contribution in [0.1, 0.15) is 39.0 Å². The van der Waals surface area contributed by atoms with E-state index in [1.54, 1.807) is 6.92 Å². The highest BCUT2D eigenvalue weighted by atomic mass is 32.1. The molecule has 0 saturated heterocycles. The molecule has 0 saturated carbocycles. The largest absolute Gasteiger partial charge is 0.342 e. The van der Waals surface area contributed by atoms with Gasteiger partial charge in [0.15, 0.2) is 5.82 Å². The van der Waals surface area contributed by atoms with E-state index in [0.717, 1.165) is 17.1 Å². The van der Waals surface area contributed by atoms with Crippen LogP contribution < -0.4 is 5.32 Å². The maximum absolute atomic E-state index is 11.9. The molecule has 0 radical (unpaired) electrons. The van der Waals surface area contributed by atoms with Crippen LogP contribution in [0.25, 0.3) is 0 Å². The number of carbonyl (C=O) groups excluding carboxylic acids is 1. The van der Waals surface area contributed by atoms with Gasteiger partial charge in [0.2, 0.25) is 5.89 Å². The van der Waals surface area contributed by atoms with Crippen LogP contribution in [0.2, 0.25) is 0 Å². The molecule has 2 aromatic rings. The highest BCUT2D eigenvalue weighted by Crippen LogP contribution is 2.18. The summed E-state index contributed by atoms with van der Waals surface area (Å²) in [4.78, 5) is 20.9. The molecule has 0 spiro atoms. The third-order valence-electron chi connectivity index (χ3n) is 2.32. The summed E-state index contributed by atoms with van der Waals surface area (Å²) in [5, 5.41) is 7.36. The smallest absolute Gasteiger partial charge is 0.263 e. The van der Waals surface area contributed by atoms with Crippen LogP contribution in [0.15, 0.2) is 4.52 Å². The van der Waals surface area contributed by atoms with Crippen molar-refractivity contribution in [2.75, 3.05) is 0 Å². The zero-order chi connectivity index (χ0) is 13.1. The number of nitrogens with one attached hydrogen (secondary N) is 1. The van der Waals surface area contributed by atoms with Gasteiger partial charge in [-0.25, -0.2) is 4.98 Å². The van der Waals surface area contributed by atoms with E-state index in [2.05, 4.69) is 20.4 Å².